The van der Waals surface area contributed by atoms with Gasteiger partial charge >= 0.3 is 17.8 Å². The van der Waals surface area contributed by atoms with Crippen molar-refractivity contribution < 1.29 is 19.2 Å². The van der Waals surface area contributed by atoms with E-state index in [9.17, 15) is 19.2 Å². The van der Waals surface area contributed by atoms with Gasteiger partial charge in [0.15, 0.2) is 5.78 Å². The number of ketones is 1. The number of nitrogens with zero attached hydrogens (tertiary/aromatic N) is 2. The fraction of sp³-hybridized carbons (Fsp3) is 0.273. The molecule has 3 rings (SSSR count). The van der Waals surface area contributed by atoms with E-state index in [1.807, 2.05) is 18.2 Å². The van der Waals surface area contributed by atoms with Crippen molar-refractivity contribution in [2.45, 2.75) is 32.7 Å². The molecule has 1 heterocycles. The molecule has 1 atom stereocenters. The lowest BCUT2D eigenvalue weighted by atomic mass is 9.97. The van der Waals surface area contributed by atoms with Crippen LogP contribution in [0.25, 0.3) is 0 Å². The van der Waals surface area contributed by atoms with Gasteiger partial charge in [-0.05, 0) is 23.5 Å². The largest absolute Gasteiger partial charge is 0.334 e. The van der Waals surface area contributed by atoms with Crippen LogP contribution in [0.1, 0.15) is 47.7 Å². The zero-order valence-electron chi connectivity index (χ0n) is 15.9. The minimum atomic E-state index is -0.967. The summed E-state index contributed by atoms with van der Waals surface area (Å²) in [5.74, 6) is -1.87. The van der Waals surface area contributed by atoms with E-state index in [1.54, 1.807) is 36.4 Å². The Hall–Kier alpha value is -3.28. The summed E-state index contributed by atoms with van der Waals surface area (Å²) in [6.45, 7) is 3.74. The molecule has 6 nitrogen and oxygen atoms in total. The number of benzene rings is 2. The van der Waals surface area contributed by atoms with Gasteiger partial charge < -0.3 is 0 Å². The Labute approximate surface area is 163 Å². The predicted octanol–water partition coefficient (Wildman–Crippen LogP) is 3.37. The lowest BCUT2D eigenvalue weighted by molar-refractivity contribution is -0.143. The normalized spacial score (nSPS) is 15.3. The van der Waals surface area contributed by atoms with E-state index in [1.165, 1.54) is 0 Å². The first-order valence-electron chi connectivity index (χ1n) is 9.26. The molecule has 0 saturated carbocycles. The summed E-state index contributed by atoms with van der Waals surface area (Å²) in [4.78, 5) is 51.1. The van der Waals surface area contributed by atoms with Crippen LogP contribution in [0.4, 0.5) is 4.79 Å². The van der Waals surface area contributed by atoms with Crippen molar-refractivity contribution >= 4 is 23.6 Å². The highest BCUT2D eigenvalue weighted by Gasteiger charge is 2.45. The molecule has 2 aromatic carbocycles. The van der Waals surface area contributed by atoms with E-state index in [-0.39, 0.29) is 12.3 Å². The molecule has 1 fully saturated rings. The summed E-state index contributed by atoms with van der Waals surface area (Å²) < 4.78 is 0. The van der Waals surface area contributed by atoms with Crippen LogP contribution in [0.5, 0.6) is 0 Å². The fourth-order valence-corrected chi connectivity index (χ4v) is 3.06. The predicted molar refractivity (Wildman–Crippen MR) is 104 cm³/mol. The highest BCUT2D eigenvalue weighted by Crippen LogP contribution is 2.20. The molecule has 0 aliphatic carbocycles. The summed E-state index contributed by atoms with van der Waals surface area (Å²) >= 11 is 0. The van der Waals surface area contributed by atoms with E-state index >= 15 is 0 Å². The Kier molecular flexibility index (Phi) is 5.68. The molecule has 1 aliphatic rings. The van der Waals surface area contributed by atoms with Crippen LogP contribution >= 0.6 is 0 Å². The van der Waals surface area contributed by atoms with Crippen LogP contribution in [0.15, 0.2) is 54.6 Å². The molecular weight excluding hydrogens is 356 g/mol. The van der Waals surface area contributed by atoms with Gasteiger partial charge in [0.05, 0.1) is 13.1 Å². The second-order valence-electron chi connectivity index (χ2n) is 6.91. The first-order chi connectivity index (χ1) is 13.4. The van der Waals surface area contributed by atoms with E-state index in [4.69, 9.17) is 0 Å². The Morgan fingerprint density at radius 1 is 0.893 bits per heavy atom. The van der Waals surface area contributed by atoms with Gasteiger partial charge in [-0.1, -0.05) is 68.4 Å². The van der Waals surface area contributed by atoms with Gasteiger partial charge in [-0.2, -0.15) is 0 Å². The van der Waals surface area contributed by atoms with Crippen LogP contribution in [-0.4, -0.2) is 40.0 Å². The van der Waals surface area contributed by atoms with Gasteiger partial charge in [-0.15, -0.1) is 0 Å². The fourth-order valence-electron chi connectivity index (χ4n) is 3.06. The minimum Gasteiger partial charge on any atom is -0.292 e. The quantitative estimate of drug-likeness (QED) is 0.421. The van der Waals surface area contributed by atoms with E-state index in [0.29, 0.717) is 11.5 Å². The van der Waals surface area contributed by atoms with Crippen molar-refractivity contribution in [1.29, 1.82) is 0 Å². The average Bonchev–Trinajstić information content (AvgIpc) is 2.92. The lowest BCUT2D eigenvalue weighted by Gasteiger charge is -2.15. The molecular formula is C22H22N2O4. The van der Waals surface area contributed by atoms with Crippen LogP contribution in [-0.2, 0) is 16.1 Å². The molecule has 1 saturated heterocycles. The molecule has 144 valence electrons. The maximum atomic E-state index is 12.5. The van der Waals surface area contributed by atoms with Gasteiger partial charge in [0.2, 0.25) is 0 Å². The van der Waals surface area contributed by atoms with Crippen LogP contribution < -0.4 is 0 Å². The van der Waals surface area contributed by atoms with E-state index in [0.717, 1.165) is 27.3 Å². The molecule has 1 aliphatic heterocycles. The molecule has 6 heteroatoms. The molecule has 2 aromatic rings. The lowest BCUT2D eigenvalue weighted by Crippen LogP contribution is -2.36. The minimum absolute atomic E-state index is 0.00145. The molecule has 0 spiro atoms. The molecule has 4 amide bonds. The molecule has 0 N–H and O–H groups in total. The number of carbonyl (C=O) groups is 4. The van der Waals surface area contributed by atoms with Crippen molar-refractivity contribution in [3.05, 3.63) is 71.3 Å². The van der Waals surface area contributed by atoms with Gasteiger partial charge in [0, 0.05) is 5.56 Å². The standard InChI is InChI=1S/C22H22N2O4/c1-3-15(2)17-9-11-18(12-10-17)19(25)14-24-21(27)20(26)23(22(24)28)13-16-7-5-4-6-8-16/h4-12,15H,3,13-14H2,1-2H3/t15-/m1/s1. The van der Waals surface area contributed by atoms with E-state index in [2.05, 4.69) is 13.8 Å². The van der Waals surface area contributed by atoms with E-state index < -0.39 is 24.4 Å². The zero-order valence-corrected chi connectivity index (χ0v) is 15.9. The number of urea groups is 1. The number of hydrogen-bond donors (Lipinski definition) is 0. The Balaban J connectivity index is 1.71. The number of Topliss-reactive ketones (excluding diaryl/α,β-unsaturated/α-hetero) is 1. The van der Waals surface area contributed by atoms with Gasteiger partial charge in [-0.3, -0.25) is 19.3 Å². The maximum absolute atomic E-state index is 12.5. The van der Waals surface area contributed by atoms with Crippen molar-refractivity contribution in [3.63, 3.8) is 0 Å². The molecule has 0 unspecified atom stereocenters. The van der Waals surface area contributed by atoms with Crippen LogP contribution in [0.3, 0.4) is 0 Å². The second-order valence-corrected chi connectivity index (χ2v) is 6.91. The summed E-state index contributed by atoms with van der Waals surface area (Å²) in [5.41, 5.74) is 2.25. The number of carbonyl (C=O) groups excluding carboxylic acids is 4. The maximum Gasteiger partial charge on any atom is 0.334 e. The number of imide groups is 2. The third-order valence-corrected chi connectivity index (χ3v) is 5.03. The topological polar surface area (TPSA) is 74.8 Å². The zero-order chi connectivity index (χ0) is 20.3. The third-order valence-electron chi connectivity index (χ3n) is 5.03. The smallest absolute Gasteiger partial charge is 0.292 e. The molecule has 0 aromatic heterocycles. The number of hydrogen-bond acceptors (Lipinski definition) is 4. The summed E-state index contributed by atoms with van der Waals surface area (Å²) in [5, 5.41) is 0. The van der Waals surface area contributed by atoms with Crippen molar-refractivity contribution in [1.82, 2.24) is 9.80 Å². The monoisotopic (exact) mass is 378 g/mol. The van der Waals surface area contributed by atoms with Crippen molar-refractivity contribution in [2.24, 2.45) is 0 Å². The van der Waals surface area contributed by atoms with Crippen molar-refractivity contribution in [2.75, 3.05) is 6.54 Å². The van der Waals surface area contributed by atoms with Gasteiger partial charge in [-0.25, -0.2) is 9.69 Å². The number of amides is 4. The average molecular weight is 378 g/mol. The molecule has 28 heavy (non-hydrogen) atoms. The third kappa shape index (κ3) is 3.86. The highest BCUT2D eigenvalue weighted by atomic mass is 16.2. The van der Waals surface area contributed by atoms with Crippen molar-refractivity contribution in [3.8, 4) is 0 Å². The highest BCUT2D eigenvalue weighted by molar-refractivity contribution is 6.45. The Morgan fingerprint density at radius 2 is 1.50 bits per heavy atom. The molecule has 0 radical (unpaired) electrons. The van der Waals surface area contributed by atoms with Crippen LogP contribution in [0, 0.1) is 0 Å². The second kappa shape index (κ2) is 8.17. The summed E-state index contributed by atoms with van der Waals surface area (Å²) in [6, 6.07) is 15.3. The number of rotatable bonds is 7. The summed E-state index contributed by atoms with van der Waals surface area (Å²) in [7, 11) is 0. The van der Waals surface area contributed by atoms with Crippen LogP contribution in [0.2, 0.25) is 0 Å². The van der Waals surface area contributed by atoms with Gasteiger partial charge in [0.25, 0.3) is 0 Å². The Bertz CT molecular complexity index is 906. The first-order valence-corrected chi connectivity index (χ1v) is 9.26. The molecule has 0 bridgehead atoms. The SMILES string of the molecule is CC[C@@H](C)c1ccc(C(=O)CN2C(=O)C(=O)N(Cc3ccccc3)C2=O)cc1. The Morgan fingerprint density at radius 3 is 2.11 bits per heavy atom. The van der Waals surface area contributed by atoms with Gasteiger partial charge in [0.1, 0.15) is 0 Å². The summed E-state index contributed by atoms with van der Waals surface area (Å²) in [6.07, 6.45) is 0.990. The first kappa shape index (κ1) is 19.5.